The summed E-state index contributed by atoms with van der Waals surface area (Å²) < 4.78 is 16.1. The van der Waals surface area contributed by atoms with Crippen LogP contribution >= 0.6 is 0 Å². The molecule has 1 N–H and O–H groups in total. The number of aliphatic hydroxyl groups is 1. The average molecular weight is 342 g/mol. The van der Waals surface area contributed by atoms with E-state index in [-0.39, 0.29) is 38.5 Å². The van der Waals surface area contributed by atoms with Crippen molar-refractivity contribution in [2.24, 2.45) is 0 Å². The van der Waals surface area contributed by atoms with Crippen LogP contribution in [0.2, 0.25) is 0 Å². The molecule has 0 spiro atoms. The number of aromatic nitrogens is 1. The Bertz CT molecular complexity index is 573. The molecule has 1 rings (SSSR count). The standard InChI is InChI=1S/C15H22N2O7/c1-22-15(21)11-17-10-13(2-3-14(17)20)16(12-19)4-6-23-8-9-24-7-5-18/h2-3,10,12,18H,4-9,11H2,1H3. The topological polar surface area (TPSA) is 107 Å². The highest BCUT2D eigenvalue weighted by Crippen LogP contribution is 2.09. The number of hydrogen-bond donors (Lipinski definition) is 1. The van der Waals surface area contributed by atoms with Crippen LogP contribution < -0.4 is 10.5 Å². The van der Waals surface area contributed by atoms with E-state index < -0.39 is 5.97 Å². The number of pyridine rings is 1. The van der Waals surface area contributed by atoms with Crippen molar-refractivity contribution >= 4 is 18.1 Å². The van der Waals surface area contributed by atoms with Crippen molar-refractivity contribution < 1.29 is 28.9 Å². The summed E-state index contributed by atoms with van der Waals surface area (Å²) in [4.78, 5) is 35.6. The molecule has 0 fully saturated rings. The number of amides is 1. The number of carbonyl (C=O) groups excluding carboxylic acids is 2. The second-order valence-corrected chi connectivity index (χ2v) is 4.68. The van der Waals surface area contributed by atoms with Gasteiger partial charge in [-0.3, -0.25) is 14.4 Å². The van der Waals surface area contributed by atoms with Gasteiger partial charge < -0.3 is 28.8 Å². The van der Waals surface area contributed by atoms with E-state index in [1.807, 2.05) is 0 Å². The Morgan fingerprint density at radius 1 is 1.25 bits per heavy atom. The first-order valence-electron chi connectivity index (χ1n) is 7.38. The van der Waals surface area contributed by atoms with Crippen molar-refractivity contribution in [2.75, 3.05) is 51.6 Å². The Labute approximate surface area is 139 Å². The van der Waals surface area contributed by atoms with Gasteiger partial charge in [-0.15, -0.1) is 0 Å². The lowest BCUT2D eigenvalue weighted by molar-refractivity contribution is -0.141. The Morgan fingerprint density at radius 3 is 2.58 bits per heavy atom. The molecule has 0 aliphatic rings. The van der Waals surface area contributed by atoms with Crippen molar-refractivity contribution in [3.8, 4) is 0 Å². The van der Waals surface area contributed by atoms with Gasteiger partial charge >= 0.3 is 5.97 Å². The summed E-state index contributed by atoms with van der Waals surface area (Å²) >= 11 is 0. The van der Waals surface area contributed by atoms with Crippen LogP contribution in [0.1, 0.15) is 0 Å². The van der Waals surface area contributed by atoms with E-state index in [0.29, 0.717) is 25.3 Å². The molecule has 0 radical (unpaired) electrons. The van der Waals surface area contributed by atoms with Gasteiger partial charge in [-0.05, 0) is 6.07 Å². The normalized spacial score (nSPS) is 10.4. The molecule has 1 heterocycles. The van der Waals surface area contributed by atoms with Crippen molar-refractivity contribution in [3.63, 3.8) is 0 Å². The highest BCUT2D eigenvalue weighted by Gasteiger charge is 2.09. The smallest absolute Gasteiger partial charge is 0.325 e. The lowest BCUT2D eigenvalue weighted by Gasteiger charge is -2.18. The lowest BCUT2D eigenvalue weighted by atomic mass is 10.3. The monoisotopic (exact) mass is 342 g/mol. The molecule has 0 aromatic carbocycles. The minimum Gasteiger partial charge on any atom is -0.468 e. The van der Waals surface area contributed by atoms with E-state index in [0.717, 1.165) is 0 Å². The Kier molecular flexibility index (Phi) is 9.35. The van der Waals surface area contributed by atoms with Crippen molar-refractivity contribution in [2.45, 2.75) is 6.54 Å². The summed E-state index contributed by atoms with van der Waals surface area (Å²) in [5, 5.41) is 8.55. The van der Waals surface area contributed by atoms with Crippen LogP contribution in [0.3, 0.4) is 0 Å². The SMILES string of the molecule is COC(=O)Cn1cc(N(C=O)CCOCCOCCO)ccc1=O. The molecule has 24 heavy (non-hydrogen) atoms. The van der Waals surface area contributed by atoms with E-state index in [2.05, 4.69) is 4.74 Å². The zero-order chi connectivity index (χ0) is 17.8. The van der Waals surface area contributed by atoms with Gasteiger partial charge in [0, 0.05) is 18.8 Å². The molecule has 134 valence electrons. The first kappa shape index (κ1) is 19.8. The van der Waals surface area contributed by atoms with Gasteiger partial charge in [0.2, 0.25) is 6.41 Å². The molecule has 0 unspecified atom stereocenters. The number of nitrogens with zero attached hydrogens (tertiary/aromatic N) is 2. The van der Waals surface area contributed by atoms with E-state index >= 15 is 0 Å². The maximum atomic E-state index is 11.7. The molecule has 0 atom stereocenters. The Hall–Kier alpha value is -2.23. The third kappa shape index (κ3) is 6.90. The largest absolute Gasteiger partial charge is 0.468 e. The Morgan fingerprint density at radius 2 is 1.96 bits per heavy atom. The zero-order valence-corrected chi connectivity index (χ0v) is 13.6. The summed E-state index contributed by atoms with van der Waals surface area (Å²) in [6.07, 6.45) is 2.03. The second kappa shape index (κ2) is 11.3. The van der Waals surface area contributed by atoms with E-state index in [1.165, 1.54) is 34.9 Å². The predicted octanol–water partition coefficient (Wildman–Crippen LogP) is -0.990. The summed E-state index contributed by atoms with van der Waals surface area (Å²) in [5.41, 5.74) is 0.0981. The van der Waals surface area contributed by atoms with Gasteiger partial charge in [0.15, 0.2) is 0 Å². The van der Waals surface area contributed by atoms with Crippen LogP contribution in [-0.2, 0) is 30.3 Å². The number of methoxy groups -OCH3 is 1. The molecule has 1 aromatic rings. The van der Waals surface area contributed by atoms with Gasteiger partial charge in [0.05, 0.1) is 45.8 Å². The minimum absolute atomic E-state index is 0.0415. The fraction of sp³-hybridized carbons (Fsp3) is 0.533. The summed E-state index contributed by atoms with van der Waals surface area (Å²) in [5.74, 6) is -0.557. The van der Waals surface area contributed by atoms with Crippen LogP contribution in [0.25, 0.3) is 0 Å². The number of hydrogen-bond acceptors (Lipinski definition) is 7. The molecular formula is C15H22N2O7. The first-order chi connectivity index (χ1) is 11.6. The predicted molar refractivity (Wildman–Crippen MR) is 84.9 cm³/mol. The molecule has 9 nitrogen and oxygen atoms in total. The number of esters is 1. The number of rotatable bonds is 12. The molecule has 0 aliphatic heterocycles. The van der Waals surface area contributed by atoms with Crippen LogP contribution in [0.5, 0.6) is 0 Å². The third-order valence-corrected chi connectivity index (χ3v) is 3.04. The fourth-order valence-corrected chi connectivity index (χ4v) is 1.81. The summed E-state index contributed by atoms with van der Waals surface area (Å²) in [6, 6.07) is 2.77. The lowest BCUT2D eigenvalue weighted by Crippen LogP contribution is -2.29. The number of aliphatic hydroxyl groups excluding tert-OH is 1. The van der Waals surface area contributed by atoms with Gasteiger partial charge in [0.25, 0.3) is 5.56 Å². The summed E-state index contributed by atoms with van der Waals surface area (Å²) in [6.45, 7) is 1.23. The molecule has 0 bridgehead atoms. The fourth-order valence-electron chi connectivity index (χ4n) is 1.81. The van der Waals surface area contributed by atoms with Crippen molar-refractivity contribution in [1.82, 2.24) is 4.57 Å². The third-order valence-electron chi connectivity index (χ3n) is 3.04. The maximum absolute atomic E-state index is 11.7. The highest BCUT2D eigenvalue weighted by atomic mass is 16.5. The van der Waals surface area contributed by atoms with Crippen molar-refractivity contribution in [1.29, 1.82) is 0 Å². The number of ether oxygens (including phenoxy) is 3. The molecule has 1 aromatic heterocycles. The molecule has 9 heteroatoms. The van der Waals surface area contributed by atoms with Gasteiger partial charge in [-0.2, -0.15) is 0 Å². The molecular weight excluding hydrogens is 320 g/mol. The first-order valence-corrected chi connectivity index (χ1v) is 7.38. The van der Waals surface area contributed by atoms with Crippen LogP contribution in [0.15, 0.2) is 23.1 Å². The quantitative estimate of drug-likeness (QED) is 0.295. The van der Waals surface area contributed by atoms with Crippen LogP contribution in [0, 0.1) is 0 Å². The van der Waals surface area contributed by atoms with Gasteiger partial charge in [0.1, 0.15) is 6.54 Å². The second-order valence-electron chi connectivity index (χ2n) is 4.68. The van der Waals surface area contributed by atoms with E-state index in [9.17, 15) is 14.4 Å². The molecule has 0 aliphatic carbocycles. The van der Waals surface area contributed by atoms with E-state index in [1.54, 1.807) is 0 Å². The summed E-state index contributed by atoms with van der Waals surface area (Å²) in [7, 11) is 1.23. The maximum Gasteiger partial charge on any atom is 0.325 e. The highest BCUT2D eigenvalue weighted by molar-refractivity contribution is 5.74. The van der Waals surface area contributed by atoms with E-state index in [4.69, 9.17) is 14.6 Å². The average Bonchev–Trinajstić information content (AvgIpc) is 2.59. The molecule has 1 amide bonds. The van der Waals surface area contributed by atoms with Crippen LogP contribution in [-0.4, -0.2) is 68.7 Å². The number of carbonyl (C=O) groups is 2. The molecule has 0 saturated heterocycles. The van der Waals surface area contributed by atoms with Gasteiger partial charge in [-0.25, -0.2) is 0 Å². The zero-order valence-electron chi connectivity index (χ0n) is 13.6. The number of anilines is 1. The molecule has 0 saturated carbocycles. The van der Waals surface area contributed by atoms with Crippen LogP contribution in [0.4, 0.5) is 5.69 Å². The van der Waals surface area contributed by atoms with Crippen molar-refractivity contribution in [3.05, 3.63) is 28.7 Å². The minimum atomic E-state index is -0.557. The van der Waals surface area contributed by atoms with Gasteiger partial charge in [-0.1, -0.05) is 0 Å². The Balaban J connectivity index is 2.55.